The number of rotatable bonds is 3. The highest BCUT2D eigenvalue weighted by Crippen LogP contribution is 2.21. The summed E-state index contributed by atoms with van der Waals surface area (Å²) >= 11 is 0. The van der Waals surface area contributed by atoms with Crippen LogP contribution in [0.25, 0.3) is 0 Å². The molecule has 1 rings (SSSR count). The van der Waals surface area contributed by atoms with Crippen molar-refractivity contribution >= 4 is 11.9 Å². The molecule has 1 saturated heterocycles. The maximum atomic E-state index is 10.4. The first-order valence-corrected chi connectivity index (χ1v) is 3.26. The van der Waals surface area contributed by atoms with Crippen molar-refractivity contribution in [2.45, 2.75) is 12.2 Å². The quantitative estimate of drug-likeness (QED) is 0.442. The van der Waals surface area contributed by atoms with Crippen molar-refractivity contribution in [3.05, 3.63) is 0 Å². The minimum Gasteiger partial charge on any atom is -0.550 e. The molecule has 0 N–H and O–H groups in total. The highest BCUT2D eigenvalue weighted by atomic mass is 16.8. The predicted molar refractivity (Wildman–Crippen MR) is 29.3 cm³/mol. The number of hydrogen-bond acceptors (Lipinski definition) is 6. The van der Waals surface area contributed by atoms with Crippen LogP contribution in [-0.2, 0) is 19.1 Å². The molecule has 0 unspecified atom stereocenters. The zero-order valence-corrected chi connectivity index (χ0v) is 6.07. The first kappa shape index (κ1) is 8.95. The van der Waals surface area contributed by atoms with Gasteiger partial charge < -0.3 is 29.3 Å². The van der Waals surface area contributed by atoms with Gasteiger partial charge in [0.1, 0.15) is 5.97 Å². The standard InChI is InChI=1S/C6H8O6/c7-4(8)3-6(5(9)10)11-1-2-12-6/h1-3H2,(H,7,8)(H,9,10)/p-2. The number of hydrogen-bond donors (Lipinski definition) is 0. The third-order valence-corrected chi connectivity index (χ3v) is 1.44. The second kappa shape index (κ2) is 3.08. The molecule has 0 atom stereocenters. The van der Waals surface area contributed by atoms with Gasteiger partial charge in [0.2, 0.25) is 5.79 Å². The van der Waals surface area contributed by atoms with E-state index in [1.807, 2.05) is 0 Å². The molecule has 0 amide bonds. The van der Waals surface area contributed by atoms with Crippen molar-refractivity contribution in [2.75, 3.05) is 13.2 Å². The van der Waals surface area contributed by atoms with Gasteiger partial charge >= 0.3 is 0 Å². The molecule has 0 aromatic heterocycles. The Morgan fingerprint density at radius 2 is 1.75 bits per heavy atom. The van der Waals surface area contributed by atoms with Crippen LogP contribution >= 0.6 is 0 Å². The van der Waals surface area contributed by atoms with Crippen LogP contribution in [0.5, 0.6) is 0 Å². The van der Waals surface area contributed by atoms with Gasteiger partial charge in [0.05, 0.1) is 13.2 Å². The van der Waals surface area contributed by atoms with E-state index in [9.17, 15) is 19.8 Å². The Morgan fingerprint density at radius 1 is 1.25 bits per heavy atom. The van der Waals surface area contributed by atoms with Gasteiger partial charge in [-0.15, -0.1) is 0 Å². The lowest BCUT2D eigenvalue weighted by molar-refractivity contribution is -0.353. The third kappa shape index (κ3) is 1.54. The lowest BCUT2D eigenvalue weighted by Crippen LogP contribution is -2.52. The fourth-order valence-corrected chi connectivity index (χ4v) is 0.937. The minimum absolute atomic E-state index is 0.0429. The van der Waals surface area contributed by atoms with Crippen molar-refractivity contribution in [1.29, 1.82) is 0 Å². The molecular weight excluding hydrogens is 168 g/mol. The average Bonchev–Trinajstić information content (AvgIpc) is 2.35. The summed E-state index contributed by atoms with van der Waals surface area (Å²) in [5.74, 6) is -5.39. The van der Waals surface area contributed by atoms with Crippen LogP contribution in [0, 0.1) is 0 Å². The molecule has 0 saturated carbocycles. The van der Waals surface area contributed by atoms with Crippen LogP contribution in [0.1, 0.15) is 6.42 Å². The van der Waals surface area contributed by atoms with E-state index in [-0.39, 0.29) is 13.2 Å². The SMILES string of the molecule is O=C([O-])CC1(C(=O)[O-])OCCO1. The molecule has 0 aromatic carbocycles. The summed E-state index contributed by atoms with van der Waals surface area (Å²) < 4.78 is 9.22. The number of carboxylic acid groups (broad SMARTS) is 2. The van der Waals surface area contributed by atoms with Crippen LogP contribution in [0.3, 0.4) is 0 Å². The molecule has 68 valence electrons. The molecule has 0 aliphatic carbocycles. The van der Waals surface area contributed by atoms with Crippen molar-refractivity contribution in [1.82, 2.24) is 0 Å². The van der Waals surface area contributed by atoms with E-state index in [4.69, 9.17) is 0 Å². The van der Waals surface area contributed by atoms with E-state index in [0.29, 0.717) is 0 Å². The third-order valence-electron chi connectivity index (χ3n) is 1.44. The van der Waals surface area contributed by atoms with E-state index in [1.54, 1.807) is 0 Å². The molecule has 0 bridgehead atoms. The zero-order chi connectivity index (χ0) is 9.19. The van der Waals surface area contributed by atoms with Crippen molar-refractivity contribution in [3.63, 3.8) is 0 Å². The Kier molecular flexibility index (Phi) is 2.30. The zero-order valence-electron chi connectivity index (χ0n) is 6.07. The van der Waals surface area contributed by atoms with Crippen molar-refractivity contribution < 1.29 is 29.3 Å². The first-order valence-electron chi connectivity index (χ1n) is 3.26. The van der Waals surface area contributed by atoms with Gasteiger partial charge in [0.25, 0.3) is 0 Å². The number of carbonyl (C=O) groups is 2. The van der Waals surface area contributed by atoms with E-state index >= 15 is 0 Å². The maximum Gasteiger partial charge on any atom is 0.215 e. The number of carboxylic acids is 2. The highest BCUT2D eigenvalue weighted by molar-refractivity contribution is 5.80. The van der Waals surface area contributed by atoms with Crippen LogP contribution in [0.2, 0.25) is 0 Å². The molecule has 1 heterocycles. The largest absolute Gasteiger partial charge is 0.550 e. The Hall–Kier alpha value is -1.14. The molecule has 0 radical (unpaired) electrons. The molecule has 1 aliphatic rings. The molecule has 6 heteroatoms. The fourth-order valence-electron chi connectivity index (χ4n) is 0.937. The summed E-state index contributed by atoms with van der Waals surface area (Å²) in [5, 5.41) is 20.5. The minimum atomic E-state index is -2.14. The molecule has 1 fully saturated rings. The Labute approximate surface area is 67.7 Å². The molecule has 0 spiro atoms. The topological polar surface area (TPSA) is 98.7 Å². The lowest BCUT2D eigenvalue weighted by Gasteiger charge is -2.28. The predicted octanol–water partition coefficient (Wildman–Crippen LogP) is -3.38. The second-order valence-corrected chi connectivity index (χ2v) is 2.29. The highest BCUT2D eigenvalue weighted by Gasteiger charge is 2.38. The van der Waals surface area contributed by atoms with Crippen LogP contribution in [0.15, 0.2) is 0 Å². The van der Waals surface area contributed by atoms with E-state index in [2.05, 4.69) is 9.47 Å². The van der Waals surface area contributed by atoms with Gasteiger partial charge in [0, 0.05) is 12.4 Å². The lowest BCUT2D eigenvalue weighted by atomic mass is 10.2. The summed E-state index contributed by atoms with van der Waals surface area (Å²) in [6.45, 7) is 0.0858. The molecular formula is C6H6O6-2. The smallest absolute Gasteiger partial charge is 0.215 e. The molecule has 0 aromatic rings. The van der Waals surface area contributed by atoms with Gasteiger partial charge in [0.15, 0.2) is 0 Å². The van der Waals surface area contributed by atoms with E-state index in [1.165, 1.54) is 0 Å². The van der Waals surface area contributed by atoms with Crippen molar-refractivity contribution in [2.24, 2.45) is 0 Å². The van der Waals surface area contributed by atoms with E-state index < -0.39 is 24.1 Å². The van der Waals surface area contributed by atoms with Crippen LogP contribution in [0.4, 0.5) is 0 Å². The fraction of sp³-hybridized carbons (Fsp3) is 0.667. The summed E-state index contributed by atoms with van der Waals surface area (Å²) in [6.07, 6.45) is -0.852. The second-order valence-electron chi connectivity index (χ2n) is 2.29. The van der Waals surface area contributed by atoms with Gasteiger partial charge in [-0.05, 0) is 0 Å². The molecule has 1 aliphatic heterocycles. The summed E-state index contributed by atoms with van der Waals surface area (Å²) in [4.78, 5) is 20.5. The molecule has 12 heavy (non-hydrogen) atoms. The van der Waals surface area contributed by atoms with Gasteiger partial charge in [-0.2, -0.15) is 0 Å². The van der Waals surface area contributed by atoms with E-state index in [0.717, 1.165) is 0 Å². The normalized spacial score (nSPS) is 20.7. The Balaban J connectivity index is 2.72. The van der Waals surface area contributed by atoms with Gasteiger partial charge in [-0.25, -0.2) is 0 Å². The van der Waals surface area contributed by atoms with Crippen LogP contribution < -0.4 is 10.2 Å². The summed E-state index contributed by atoms with van der Waals surface area (Å²) in [6, 6.07) is 0. The maximum absolute atomic E-state index is 10.4. The summed E-state index contributed by atoms with van der Waals surface area (Å²) in [5.41, 5.74) is 0. The van der Waals surface area contributed by atoms with Crippen molar-refractivity contribution in [3.8, 4) is 0 Å². The monoisotopic (exact) mass is 174 g/mol. The summed E-state index contributed by atoms with van der Waals surface area (Å²) in [7, 11) is 0. The Bertz CT molecular complexity index is 204. The average molecular weight is 174 g/mol. The number of ether oxygens (including phenoxy) is 2. The van der Waals surface area contributed by atoms with Crippen LogP contribution in [-0.4, -0.2) is 30.9 Å². The van der Waals surface area contributed by atoms with Gasteiger partial charge in [-0.3, -0.25) is 0 Å². The first-order chi connectivity index (χ1) is 5.57. The molecule has 6 nitrogen and oxygen atoms in total. The number of aliphatic carboxylic acids is 2. The Morgan fingerprint density at radius 3 is 2.08 bits per heavy atom. The van der Waals surface area contributed by atoms with Gasteiger partial charge in [-0.1, -0.05) is 0 Å². The number of carbonyl (C=O) groups excluding carboxylic acids is 2.